The maximum Gasteiger partial charge on any atom is -0.00157 e. The van der Waals surface area contributed by atoms with Crippen LogP contribution in [0.2, 0.25) is 0 Å². The maximum atomic E-state index is 3.30. The highest BCUT2D eigenvalue weighted by Crippen LogP contribution is 2.25. The van der Waals surface area contributed by atoms with Crippen molar-refractivity contribution in [3.8, 4) is 0 Å². The van der Waals surface area contributed by atoms with Crippen LogP contribution in [0.5, 0.6) is 0 Å². The number of piperidine rings is 1. The third-order valence-corrected chi connectivity index (χ3v) is 2.78. The summed E-state index contributed by atoms with van der Waals surface area (Å²) in [4.78, 5) is 2.40. The molecule has 0 radical (unpaired) electrons. The Morgan fingerprint density at radius 3 is 2.75 bits per heavy atom. The molecule has 0 amide bonds. The molecule has 1 fully saturated rings. The van der Waals surface area contributed by atoms with Gasteiger partial charge in [-0.2, -0.15) is 0 Å². The van der Waals surface area contributed by atoms with E-state index in [4.69, 9.17) is 0 Å². The zero-order chi connectivity index (χ0) is 8.39. The summed E-state index contributed by atoms with van der Waals surface area (Å²) in [5.41, 5.74) is 4.72. The standard InChI is InChI=1S/C11H15N/c1-12-8-6-11(7-9-12)10-4-2-3-5-10/h2-4,11H,6-9H2,1H3. The molecular formula is C11H15N. The molecule has 0 spiro atoms. The van der Waals surface area contributed by atoms with E-state index in [2.05, 4.69) is 29.8 Å². The van der Waals surface area contributed by atoms with E-state index in [0.29, 0.717) is 0 Å². The lowest BCUT2D eigenvalue weighted by molar-refractivity contribution is 0.240. The van der Waals surface area contributed by atoms with Gasteiger partial charge in [-0.15, -0.1) is 5.73 Å². The van der Waals surface area contributed by atoms with Crippen LogP contribution in [0.25, 0.3) is 0 Å². The summed E-state index contributed by atoms with van der Waals surface area (Å²) in [7, 11) is 2.20. The van der Waals surface area contributed by atoms with Gasteiger partial charge in [-0.25, -0.2) is 0 Å². The summed E-state index contributed by atoms with van der Waals surface area (Å²) in [6.45, 7) is 2.48. The number of hydrogen-bond acceptors (Lipinski definition) is 1. The fourth-order valence-electron chi connectivity index (χ4n) is 1.92. The largest absolute Gasteiger partial charge is 0.306 e. The lowest BCUT2D eigenvalue weighted by Crippen LogP contribution is -2.30. The second-order valence-electron chi connectivity index (χ2n) is 3.70. The Hall–Kier alpha value is -0.780. The Morgan fingerprint density at radius 2 is 2.17 bits per heavy atom. The van der Waals surface area contributed by atoms with Crippen LogP contribution in [0, 0.1) is 5.92 Å². The molecule has 2 aliphatic rings. The van der Waals surface area contributed by atoms with Gasteiger partial charge in [-0.1, -0.05) is 12.2 Å². The first-order valence-electron chi connectivity index (χ1n) is 4.68. The number of nitrogens with zero attached hydrogens (tertiary/aromatic N) is 1. The van der Waals surface area contributed by atoms with Gasteiger partial charge < -0.3 is 4.90 Å². The summed E-state index contributed by atoms with van der Waals surface area (Å²) in [6, 6.07) is 0. The Kier molecular flexibility index (Phi) is 2.16. The SMILES string of the molecule is CN1CCC(C2=C=CC=C2)CC1. The maximum absolute atomic E-state index is 3.30. The molecule has 64 valence electrons. The van der Waals surface area contributed by atoms with Crippen LogP contribution < -0.4 is 0 Å². The monoisotopic (exact) mass is 161 g/mol. The lowest BCUT2D eigenvalue weighted by Gasteiger charge is -2.28. The van der Waals surface area contributed by atoms with Gasteiger partial charge in [0.05, 0.1) is 0 Å². The van der Waals surface area contributed by atoms with Gasteiger partial charge in [-0.05, 0) is 50.5 Å². The molecular weight excluding hydrogens is 146 g/mol. The normalized spacial score (nSPS) is 24.9. The molecule has 1 nitrogen and oxygen atoms in total. The van der Waals surface area contributed by atoms with Gasteiger partial charge in [0.15, 0.2) is 0 Å². The topological polar surface area (TPSA) is 3.24 Å². The first kappa shape index (κ1) is 7.85. The molecule has 1 aliphatic carbocycles. The van der Waals surface area contributed by atoms with Gasteiger partial charge in [-0.3, -0.25) is 0 Å². The Balaban J connectivity index is 1.98. The average molecular weight is 161 g/mol. The van der Waals surface area contributed by atoms with Crippen molar-refractivity contribution in [2.75, 3.05) is 20.1 Å². The molecule has 0 aromatic rings. The van der Waals surface area contributed by atoms with Crippen molar-refractivity contribution in [2.24, 2.45) is 5.92 Å². The summed E-state index contributed by atoms with van der Waals surface area (Å²) in [5, 5.41) is 0. The minimum absolute atomic E-state index is 0.774. The van der Waals surface area contributed by atoms with Crippen LogP contribution >= 0.6 is 0 Å². The molecule has 0 N–H and O–H groups in total. The summed E-state index contributed by atoms with van der Waals surface area (Å²) < 4.78 is 0. The second-order valence-corrected chi connectivity index (χ2v) is 3.70. The van der Waals surface area contributed by atoms with Crippen LogP contribution in [0.3, 0.4) is 0 Å². The number of rotatable bonds is 1. The van der Waals surface area contributed by atoms with Crippen molar-refractivity contribution in [1.29, 1.82) is 0 Å². The van der Waals surface area contributed by atoms with Gasteiger partial charge >= 0.3 is 0 Å². The summed E-state index contributed by atoms with van der Waals surface area (Å²) in [6.07, 6.45) is 8.92. The van der Waals surface area contributed by atoms with Crippen molar-refractivity contribution in [3.63, 3.8) is 0 Å². The van der Waals surface area contributed by atoms with E-state index in [0.717, 1.165) is 5.92 Å². The fourth-order valence-corrected chi connectivity index (χ4v) is 1.92. The van der Waals surface area contributed by atoms with Crippen LogP contribution in [0.1, 0.15) is 12.8 Å². The molecule has 2 rings (SSSR count). The first-order valence-corrected chi connectivity index (χ1v) is 4.68. The Morgan fingerprint density at radius 1 is 1.42 bits per heavy atom. The number of allylic oxidation sites excluding steroid dienone is 3. The third-order valence-electron chi connectivity index (χ3n) is 2.78. The molecule has 1 heteroatoms. The molecule has 0 unspecified atom stereocenters. The molecule has 12 heavy (non-hydrogen) atoms. The highest BCUT2D eigenvalue weighted by atomic mass is 15.1. The van der Waals surface area contributed by atoms with Gasteiger partial charge in [0.1, 0.15) is 0 Å². The van der Waals surface area contributed by atoms with Crippen molar-refractivity contribution in [2.45, 2.75) is 12.8 Å². The van der Waals surface area contributed by atoms with Gasteiger partial charge in [0.25, 0.3) is 0 Å². The van der Waals surface area contributed by atoms with Gasteiger partial charge in [0, 0.05) is 0 Å². The minimum Gasteiger partial charge on any atom is -0.306 e. The molecule has 1 aliphatic heterocycles. The zero-order valence-electron chi connectivity index (χ0n) is 7.59. The Bertz CT molecular complexity index is 248. The van der Waals surface area contributed by atoms with Crippen LogP contribution in [-0.4, -0.2) is 25.0 Å². The highest BCUT2D eigenvalue weighted by molar-refractivity contribution is 5.31. The molecule has 0 atom stereocenters. The van der Waals surface area contributed by atoms with E-state index >= 15 is 0 Å². The second kappa shape index (κ2) is 3.30. The predicted molar refractivity (Wildman–Crippen MR) is 51.0 cm³/mol. The number of hydrogen-bond donors (Lipinski definition) is 0. The third kappa shape index (κ3) is 1.52. The van der Waals surface area contributed by atoms with E-state index in [9.17, 15) is 0 Å². The quantitative estimate of drug-likeness (QED) is 0.531. The highest BCUT2D eigenvalue weighted by Gasteiger charge is 2.19. The van der Waals surface area contributed by atoms with Crippen LogP contribution in [0.15, 0.2) is 29.5 Å². The first-order chi connectivity index (χ1) is 5.86. The molecule has 0 saturated carbocycles. The summed E-state index contributed by atoms with van der Waals surface area (Å²) >= 11 is 0. The average Bonchev–Trinajstić information content (AvgIpc) is 2.58. The molecule has 0 aromatic carbocycles. The van der Waals surface area contributed by atoms with Crippen LogP contribution in [0.4, 0.5) is 0 Å². The molecule has 0 aromatic heterocycles. The predicted octanol–water partition coefficient (Wildman–Crippen LogP) is 1.98. The van der Waals surface area contributed by atoms with Crippen molar-refractivity contribution in [3.05, 3.63) is 29.5 Å². The van der Waals surface area contributed by atoms with Gasteiger partial charge in [0.2, 0.25) is 0 Å². The Labute approximate surface area is 74.1 Å². The lowest BCUT2D eigenvalue weighted by atomic mass is 9.90. The zero-order valence-corrected chi connectivity index (χ0v) is 7.59. The van der Waals surface area contributed by atoms with Crippen LogP contribution in [-0.2, 0) is 0 Å². The molecule has 0 bridgehead atoms. The van der Waals surface area contributed by atoms with E-state index in [1.54, 1.807) is 0 Å². The van der Waals surface area contributed by atoms with E-state index < -0.39 is 0 Å². The van der Waals surface area contributed by atoms with Crippen molar-refractivity contribution < 1.29 is 0 Å². The van der Waals surface area contributed by atoms with E-state index in [1.807, 2.05) is 6.08 Å². The summed E-state index contributed by atoms with van der Waals surface area (Å²) in [5.74, 6) is 0.774. The van der Waals surface area contributed by atoms with Crippen molar-refractivity contribution >= 4 is 0 Å². The number of likely N-dealkylation sites (tertiary alicyclic amines) is 1. The van der Waals surface area contributed by atoms with E-state index in [1.165, 1.54) is 31.5 Å². The van der Waals surface area contributed by atoms with Crippen molar-refractivity contribution in [1.82, 2.24) is 4.90 Å². The fraction of sp³-hybridized carbons (Fsp3) is 0.545. The smallest absolute Gasteiger partial charge is 0.00157 e. The minimum atomic E-state index is 0.774. The van der Waals surface area contributed by atoms with E-state index in [-0.39, 0.29) is 0 Å². The molecule has 1 saturated heterocycles. The molecule has 1 heterocycles.